The van der Waals surface area contributed by atoms with Gasteiger partial charge >= 0.3 is 0 Å². The van der Waals surface area contributed by atoms with Crippen molar-refractivity contribution in [1.29, 1.82) is 0 Å². The number of likely N-dealkylation sites (tertiary alicyclic amines) is 1. The second kappa shape index (κ2) is 10.2. The Bertz CT molecular complexity index is 1120. The van der Waals surface area contributed by atoms with Gasteiger partial charge in [0, 0.05) is 18.0 Å². The van der Waals surface area contributed by atoms with E-state index in [1.807, 2.05) is 0 Å². The molecule has 0 saturated carbocycles. The van der Waals surface area contributed by atoms with Gasteiger partial charge in [0.1, 0.15) is 17.3 Å². The fourth-order valence-electron chi connectivity index (χ4n) is 3.91. The van der Waals surface area contributed by atoms with Crippen molar-refractivity contribution in [3.8, 4) is 5.75 Å². The highest BCUT2D eigenvalue weighted by atomic mass is 16.5. The minimum Gasteiger partial charge on any atom is -0.507 e. The smallest absolute Gasteiger partial charge is 0.296 e. The first-order valence-corrected chi connectivity index (χ1v) is 11.0. The summed E-state index contributed by atoms with van der Waals surface area (Å²) < 4.78 is 11.1. The van der Waals surface area contributed by atoms with E-state index in [0.717, 1.165) is 19.3 Å². The van der Waals surface area contributed by atoms with Gasteiger partial charge in [-0.05, 0) is 60.5 Å². The van der Waals surface area contributed by atoms with Crippen LogP contribution in [0.4, 0.5) is 0 Å². The lowest BCUT2D eigenvalue weighted by Gasteiger charge is -2.24. The van der Waals surface area contributed by atoms with E-state index < -0.39 is 17.7 Å². The molecule has 1 aliphatic heterocycles. The van der Waals surface area contributed by atoms with Crippen LogP contribution in [0.3, 0.4) is 0 Å². The molecule has 1 aromatic carbocycles. The van der Waals surface area contributed by atoms with Crippen molar-refractivity contribution in [2.24, 2.45) is 0 Å². The molecule has 1 unspecified atom stereocenters. The van der Waals surface area contributed by atoms with Gasteiger partial charge in [-0.3, -0.25) is 14.6 Å². The topological polar surface area (TPSA) is 92.9 Å². The van der Waals surface area contributed by atoms with Crippen LogP contribution in [-0.4, -0.2) is 33.3 Å². The number of hydrogen-bond acceptors (Lipinski definition) is 6. The zero-order valence-corrected chi connectivity index (χ0v) is 18.4. The van der Waals surface area contributed by atoms with E-state index in [1.54, 1.807) is 60.9 Å². The van der Waals surface area contributed by atoms with Gasteiger partial charge in [0.05, 0.1) is 31.0 Å². The van der Waals surface area contributed by atoms with Crippen LogP contribution in [0.15, 0.2) is 77.2 Å². The number of nitrogens with zero attached hydrogens (tertiary/aromatic N) is 2. The number of rotatable bonds is 9. The first kappa shape index (κ1) is 22.3. The molecular weight excluding hydrogens is 420 g/mol. The fourth-order valence-corrected chi connectivity index (χ4v) is 3.91. The summed E-state index contributed by atoms with van der Waals surface area (Å²) in [6.45, 7) is 2.86. The van der Waals surface area contributed by atoms with E-state index in [2.05, 4.69) is 11.9 Å². The molecule has 1 saturated heterocycles. The lowest BCUT2D eigenvalue weighted by atomic mass is 9.96. The molecular formula is C26H26N2O5. The van der Waals surface area contributed by atoms with Gasteiger partial charge in [0.25, 0.3) is 11.7 Å². The fraction of sp³-hybridized carbons (Fsp3) is 0.269. The predicted octanol–water partition coefficient (Wildman–Crippen LogP) is 4.87. The third-order valence-electron chi connectivity index (χ3n) is 5.61. The maximum absolute atomic E-state index is 13.0. The standard InChI is InChI=1S/C26H26N2O5/c1-2-3-4-15-32-20-9-7-19(8-10-20)24(29)22-23(18-11-13-27-14-12-18)28(26(31)25(22)30)17-21-6-5-16-33-21/h5-14,16,23,29H,2-4,15,17H2,1H3/b24-22-. The number of aliphatic hydroxyl groups is 1. The molecule has 0 radical (unpaired) electrons. The molecule has 0 spiro atoms. The molecule has 1 N–H and O–H groups in total. The van der Waals surface area contributed by atoms with Gasteiger partial charge in [-0.2, -0.15) is 0 Å². The monoisotopic (exact) mass is 446 g/mol. The van der Waals surface area contributed by atoms with Gasteiger partial charge in [-0.25, -0.2) is 0 Å². The van der Waals surface area contributed by atoms with Crippen molar-refractivity contribution in [3.05, 3.63) is 89.6 Å². The zero-order valence-electron chi connectivity index (χ0n) is 18.4. The maximum atomic E-state index is 13.0. The number of amides is 1. The van der Waals surface area contributed by atoms with Crippen LogP contribution in [0.25, 0.3) is 5.76 Å². The third-order valence-corrected chi connectivity index (χ3v) is 5.61. The van der Waals surface area contributed by atoms with Crippen molar-refractivity contribution < 1.29 is 23.8 Å². The normalized spacial score (nSPS) is 17.5. The minimum absolute atomic E-state index is 0.0365. The van der Waals surface area contributed by atoms with E-state index in [1.165, 1.54) is 11.2 Å². The van der Waals surface area contributed by atoms with Gasteiger partial charge in [0.15, 0.2) is 0 Å². The molecule has 170 valence electrons. The Balaban J connectivity index is 1.67. The summed E-state index contributed by atoms with van der Waals surface area (Å²) in [6.07, 6.45) is 7.89. The number of ether oxygens (including phenoxy) is 1. The molecule has 1 atom stereocenters. The Morgan fingerprint density at radius 3 is 2.52 bits per heavy atom. The zero-order chi connectivity index (χ0) is 23.2. The average Bonchev–Trinajstić information content (AvgIpc) is 3.45. The van der Waals surface area contributed by atoms with Crippen molar-refractivity contribution in [2.45, 2.75) is 38.8 Å². The van der Waals surface area contributed by atoms with E-state index in [9.17, 15) is 14.7 Å². The predicted molar refractivity (Wildman–Crippen MR) is 122 cm³/mol. The first-order valence-electron chi connectivity index (χ1n) is 11.0. The van der Waals surface area contributed by atoms with Crippen molar-refractivity contribution in [2.75, 3.05) is 6.61 Å². The molecule has 1 aliphatic rings. The van der Waals surface area contributed by atoms with Crippen molar-refractivity contribution in [1.82, 2.24) is 9.88 Å². The van der Waals surface area contributed by atoms with Crippen LogP contribution in [0.2, 0.25) is 0 Å². The van der Waals surface area contributed by atoms with Crippen molar-refractivity contribution >= 4 is 17.4 Å². The Hall–Kier alpha value is -3.87. The number of unbranched alkanes of at least 4 members (excludes halogenated alkanes) is 2. The highest BCUT2D eigenvalue weighted by Crippen LogP contribution is 2.40. The maximum Gasteiger partial charge on any atom is 0.296 e. The molecule has 1 amide bonds. The molecule has 33 heavy (non-hydrogen) atoms. The minimum atomic E-state index is -0.761. The second-order valence-corrected chi connectivity index (χ2v) is 7.87. The molecule has 7 nitrogen and oxygen atoms in total. The Morgan fingerprint density at radius 1 is 1.09 bits per heavy atom. The Labute approximate surface area is 192 Å². The molecule has 3 aromatic rings. The average molecular weight is 447 g/mol. The number of aromatic nitrogens is 1. The summed E-state index contributed by atoms with van der Waals surface area (Å²) in [5.74, 6) is -0.423. The summed E-state index contributed by atoms with van der Waals surface area (Å²) in [6, 6.07) is 13.0. The van der Waals surface area contributed by atoms with E-state index in [4.69, 9.17) is 9.15 Å². The van der Waals surface area contributed by atoms with E-state index in [0.29, 0.717) is 29.2 Å². The van der Waals surface area contributed by atoms with Crippen LogP contribution in [0.1, 0.15) is 49.1 Å². The summed E-state index contributed by atoms with van der Waals surface area (Å²) in [4.78, 5) is 31.4. The number of aliphatic hydroxyl groups excluding tert-OH is 1. The highest BCUT2D eigenvalue weighted by Gasteiger charge is 2.46. The second-order valence-electron chi connectivity index (χ2n) is 7.87. The summed E-state index contributed by atoms with van der Waals surface area (Å²) in [5, 5.41) is 11.1. The van der Waals surface area contributed by atoms with E-state index >= 15 is 0 Å². The number of furan rings is 1. The number of Topliss-reactive ketones (excluding diaryl/α,β-unsaturated/α-hetero) is 1. The van der Waals surface area contributed by atoms with Crippen LogP contribution < -0.4 is 4.74 Å². The molecule has 4 rings (SSSR count). The number of ketones is 1. The van der Waals surface area contributed by atoms with Crippen LogP contribution in [0.5, 0.6) is 5.75 Å². The molecule has 3 heterocycles. The highest BCUT2D eigenvalue weighted by molar-refractivity contribution is 6.46. The van der Waals surface area contributed by atoms with E-state index in [-0.39, 0.29) is 17.9 Å². The largest absolute Gasteiger partial charge is 0.507 e. The van der Waals surface area contributed by atoms with Gasteiger partial charge in [0.2, 0.25) is 0 Å². The van der Waals surface area contributed by atoms with Gasteiger partial charge in [-0.1, -0.05) is 19.8 Å². The van der Waals surface area contributed by atoms with Gasteiger partial charge in [-0.15, -0.1) is 0 Å². The quantitative estimate of drug-likeness (QED) is 0.218. The van der Waals surface area contributed by atoms with Crippen LogP contribution in [0, 0.1) is 0 Å². The molecule has 2 aromatic heterocycles. The molecule has 7 heteroatoms. The lowest BCUT2D eigenvalue weighted by molar-refractivity contribution is -0.140. The van der Waals surface area contributed by atoms with Crippen LogP contribution >= 0.6 is 0 Å². The number of carbonyl (C=O) groups excluding carboxylic acids is 2. The molecule has 0 bridgehead atoms. The number of benzene rings is 1. The van der Waals surface area contributed by atoms with Crippen molar-refractivity contribution in [3.63, 3.8) is 0 Å². The molecule has 0 aliphatic carbocycles. The number of pyridine rings is 1. The lowest BCUT2D eigenvalue weighted by Crippen LogP contribution is -2.29. The summed E-state index contributed by atoms with van der Waals surface area (Å²) in [7, 11) is 0. The SMILES string of the molecule is CCCCCOc1ccc(/C(O)=C2/C(=O)C(=O)N(Cc3ccco3)C2c2ccncc2)cc1. The summed E-state index contributed by atoms with van der Waals surface area (Å²) in [5.41, 5.74) is 1.15. The number of carbonyl (C=O) groups is 2. The third kappa shape index (κ3) is 4.82. The Kier molecular flexibility index (Phi) is 6.88. The number of hydrogen-bond donors (Lipinski definition) is 1. The van der Waals surface area contributed by atoms with Crippen LogP contribution in [-0.2, 0) is 16.1 Å². The summed E-state index contributed by atoms with van der Waals surface area (Å²) >= 11 is 0. The Morgan fingerprint density at radius 2 is 1.85 bits per heavy atom. The molecule has 1 fully saturated rings. The first-order chi connectivity index (χ1) is 16.1. The van der Waals surface area contributed by atoms with Gasteiger partial charge < -0.3 is 19.2 Å².